The second kappa shape index (κ2) is 4.59. The topological polar surface area (TPSA) is 37.8 Å². The summed E-state index contributed by atoms with van der Waals surface area (Å²) in [6.45, 7) is 2.04. The van der Waals surface area contributed by atoms with Gasteiger partial charge >= 0.3 is 0 Å². The van der Waals surface area contributed by atoms with Gasteiger partial charge in [0.2, 0.25) is 0 Å². The average molecular weight is 240 g/mol. The van der Waals surface area contributed by atoms with E-state index in [9.17, 15) is 0 Å². The SMILES string of the molecule is CC(Nc1cccnc1Cl)c1nccs1. The van der Waals surface area contributed by atoms with E-state index in [4.69, 9.17) is 11.6 Å². The van der Waals surface area contributed by atoms with Gasteiger partial charge in [-0.2, -0.15) is 0 Å². The van der Waals surface area contributed by atoms with Gasteiger partial charge in [-0.1, -0.05) is 11.6 Å². The maximum atomic E-state index is 5.94. The Labute approximate surface area is 97.2 Å². The van der Waals surface area contributed by atoms with Crippen molar-refractivity contribution in [1.82, 2.24) is 9.97 Å². The standard InChI is InChI=1S/C10H10ClN3S/c1-7(10-13-5-6-15-10)14-8-3-2-4-12-9(8)11/h2-7,14H,1H3. The minimum Gasteiger partial charge on any atom is -0.374 e. The summed E-state index contributed by atoms with van der Waals surface area (Å²) in [7, 11) is 0. The molecule has 2 rings (SSSR count). The first-order valence-electron chi connectivity index (χ1n) is 4.54. The Kier molecular flexibility index (Phi) is 3.18. The normalized spacial score (nSPS) is 12.4. The number of pyridine rings is 1. The highest BCUT2D eigenvalue weighted by molar-refractivity contribution is 7.09. The number of nitrogens with one attached hydrogen (secondary N) is 1. The van der Waals surface area contributed by atoms with Crippen LogP contribution in [0.25, 0.3) is 0 Å². The van der Waals surface area contributed by atoms with Crippen LogP contribution in [0, 0.1) is 0 Å². The number of halogens is 1. The van der Waals surface area contributed by atoms with Crippen molar-refractivity contribution in [2.24, 2.45) is 0 Å². The van der Waals surface area contributed by atoms with Crippen molar-refractivity contribution < 1.29 is 0 Å². The fourth-order valence-corrected chi connectivity index (χ4v) is 2.06. The van der Waals surface area contributed by atoms with E-state index in [1.54, 1.807) is 23.7 Å². The van der Waals surface area contributed by atoms with Crippen LogP contribution < -0.4 is 5.32 Å². The van der Waals surface area contributed by atoms with Gasteiger partial charge in [-0.15, -0.1) is 11.3 Å². The molecule has 0 aromatic carbocycles. The lowest BCUT2D eigenvalue weighted by Gasteiger charge is -2.12. The molecular formula is C10H10ClN3S. The van der Waals surface area contributed by atoms with Crippen molar-refractivity contribution in [2.45, 2.75) is 13.0 Å². The number of nitrogens with zero attached hydrogens (tertiary/aromatic N) is 2. The zero-order valence-electron chi connectivity index (χ0n) is 8.14. The minimum absolute atomic E-state index is 0.145. The molecule has 1 N–H and O–H groups in total. The molecule has 2 aromatic heterocycles. The Bertz CT molecular complexity index is 430. The maximum Gasteiger partial charge on any atom is 0.152 e. The monoisotopic (exact) mass is 239 g/mol. The van der Waals surface area contributed by atoms with Gasteiger partial charge in [0.15, 0.2) is 5.15 Å². The van der Waals surface area contributed by atoms with E-state index in [-0.39, 0.29) is 6.04 Å². The summed E-state index contributed by atoms with van der Waals surface area (Å²) in [6, 6.07) is 3.90. The molecule has 15 heavy (non-hydrogen) atoms. The van der Waals surface area contributed by atoms with Crippen LogP contribution in [0.2, 0.25) is 5.15 Å². The van der Waals surface area contributed by atoms with Gasteiger partial charge in [0.25, 0.3) is 0 Å². The van der Waals surface area contributed by atoms with Crippen molar-refractivity contribution in [3.05, 3.63) is 40.1 Å². The molecule has 2 aromatic rings. The lowest BCUT2D eigenvalue weighted by Crippen LogP contribution is -2.06. The van der Waals surface area contributed by atoms with Crippen LogP contribution >= 0.6 is 22.9 Å². The van der Waals surface area contributed by atoms with Crippen molar-refractivity contribution in [3.8, 4) is 0 Å². The molecule has 0 aliphatic rings. The number of hydrogen-bond donors (Lipinski definition) is 1. The molecule has 0 fully saturated rings. The Morgan fingerprint density at radius 3 is 2.93 bits per heavy atom. The van der Waals surface area contributed by atoms with Gasteiger partial charge in [-0.05, 0) is 19.1 Å². The highest BCUT2D eigenvalue weighted by Crippen LogP contribution is 2.24. The first-order chi connectivity index (χ1) is 7.27. The Morgan fingerprint density at radius 1 is 1.40 bits per heavy atom. The summed E-state index contributed by atoms with van der Waals surface area (Å²) < 4.78 is 0. The zero-order valence-corrected chi connectivity index (χ0v) is 9.72. The van der Waals surface area contributed by atoms with Gasteiger partial charge in [0.05, 0.1) is 11.7 Å². The molecule has 5 heteroatoms. The summed E-state index contributed by atoms with van der Waals surface area (Å²) in [5, 5.41) is 6.75. The molecule has 1 unspecified atom stereocenters. The largest absolute Gasteiger partial charge is 0.374 e. The molecule has 0 radical (unpaired) electrons. The van der Waals surface area contributed by atoms with E-state index in [1.807, 2.05) is 24.4 Å². The zero-order chi connectivity index (χ0) is 10.7. The summed E-state index contributed by atoms with van der Waals surface area (Å²) >= 11 is 7.56. The third kappa shape index (κ3) is 2.46. The van der Waals surface area contributed by atoms with E-state index in [0.717, 1.165) is 10.7 Å². The lowest BCUT2D eigenvalue weighted by atomic mass is 10.3. The highest BCUT2D eigenvalue weighted by atomic mass is 35.5. The van der Waals surface area contributed by atoms with Crippen LogP contribution in [0.3, 0.4) is 0 Å². The van der Waals surface area contributed by atoms with E-state index in [1.165, 1.54) is 0 Å². The van der Waals surface area contributed by atoms with Gasteiger partial charge in [-0.25, -0.2) is 9.97 Å². The lowest BCUT2D eigenvalue weighted by molar-refractivity contribution is 0.868. The molecule has 0 spiro atoms. The molecule has 1 atom stereocenters. The second-order valence-electron chi connectivity index (χ2n) is 3.08. The number of anilines is 1. The van der Waals surface area contributed by atoms with E-state index in [2.05, 4.69) is 15.3 Å². The maximum absolute atomic E-state index is 5.94. The minimum atomic E-state index is 0.145. The van der Waals surface area contributed by atoms with E-state index >= 15 is 0 Å². The van der Waals surface area contributed by atoms with Crippen LogP contribution in [-0.4, -0.2) is 9.97 Å². The average Bonchev–Trinajstić information content (AvgIpc) is 2.74. The molecule has 0 bridgehead atoms. The molecule has 0 amide bonds. The molecule has 78 valence electrons. The van der Waals surface area contributed by atoms with Gasteiger partial charge in [0, 0.05) is 17.8 Å². The Morgan fingerprint density at radius 2 is 2.27 bits per heavy atom. The Hall–Kier alpha value is -1.13. The van der Waals surface area contributed by atoms with Gasteiger partial charge in [-0.3, -0.25) is 0 Å². The molecular weight excluding hydrogens is 230 g/mol. The van der Waals surface area contributed by atoms with Crippen molar-refractivity contribution in [3.63, 3.8) is 0 Å². The fraction of sp³-hybridized carbons (Fsp3) is 0.200. The van der Waals surface area contributed by atoms with Crippen LogP contribution in [0.4, 0.5) is 5.69 Å². The first kappa shape index (κ1) is 10.4. The van der Waals surface area contributed by atoms with Crippen molar-refractivity contribution in [1.29, 1.82) is 0 Å². The molecule has 3 nitrogen and oxygen atoms in total. The summed E-state index contributed by atoms with van der Waals surface area (Å²) in [6.07, 6.45) is 3.46. The number of aromatic nitrogens is 2. The molecule has 0 saturated carbocycles. The van der Waals surface area contributed by atoms with Crippen LogP contribution in [0.5, 0.6) is 0 Å². The summed E-state index contributed by atoms with van der Waals surface area (Å²) in [5.41, 5.74) is 0.835. The first-order valence-corrected chi connectivity index (χ1v) is 5.79. The van der Waals surface area contributed by atoms with Gasteiger partial charge in [0.1, 0.15) is 5.01 Å². The highest BCUT2D eigenvalue weighted by Gasteiger charge is 2.09. The number of hydrogen-bond acceptors (Lipinski definition) is 4. The van der Waals surface area contributed by atoms with Gasteiger partial charge < -0.3 is 5.32 Å². The summed E-state index contributed by atoms with van der Waals surface area (Å²) in [5.74, 6) is 0. The van der Waals surface area contributed by atoms with E-state index < -0.39 is 0 Å². The predicted molar refractivity (Wildman–Crippen MR) is 63.4 cm³/mol. The molecule has 0 aliphatic heterocycles. The third-order valence-corrected chi connectivity index (χ3v) is 3.21. The van der Waals surface area contributed by atoms with Crippen LogP contribution in [0.15, 0.2) is 29.9 Å². The summed E-state index contributed by atoms with van der Waals surface area (Å²) in [4.78, 5) is 8.23. The smallest absolute Gasteiger partial charge is 0.152 e. The van der Waals surface area contributed by atoms with Crippen molar-refractivity contribution >= 4 is 28.6 Å². The number of rotatable bonds is 3. The van der Waals surface area contributed by atoms with Crippen molar-refractivity contribution in [2.75, 3.05) is 5.32 Å². The molecule has 0 aliphatic carbocycles. The fourth-order valence-electron chi connectivity index (χ4n) is 1.24. The Balaban J connectivity index is 2.13. The predicted octanol–water partition coefficient (Wildman–Crippen LogP) is 3.36. The van der Waals surface area contributed by atoms with Crippen LogP contribution in [-0.2, 0) is 0 Å². The van der Waals surface area contributed by atoms with E-state index in [0.29, 0.717) is 5.15 Å². The molecule has 0 saturated heterocycles. The van der Waals surface area contributed by atoms with Crippen LogP contribution in [0.1, 0.15) is 18.0 Å². The second-order valence-corrected chi connectivity index (χ2v) is 4.36. The molecule has 2 heterocycles. The quantitative estimate of drug-likeness (QED) is 0.835. The number of thiazole rings is 1. The third-order valence-electron chi connectivity index (χ3n) is 1.95.